The van der Waals surface area contributed by atoms with Crippen molar-refractivity contribution in [2.45, 2.75) is 45.2 Å². The fourth-order valence-corrected chi connectivity index (χ4v) is 2.75. The molecular formula is C17H24N2O4. The molecule has 0 bridgehead atoms. The lowest BCUT2D eigenvalue weighted by atomic mass is 10.1. The van der Waals surface area contributed by atoms with Crippen LogP contribution in [0.3, 0.4) is 0 Å². The number of phenolic OH excluding ortho intramolecular Hbond substituents is 1. The van der Waals surface area contributed by atoms with Gasteiger partial charge in [-0.3, -0.25) is 0 Å². The van der Waals surface area contributed by atoms with Crippen LogP contribution in [0.5, 0.6) is 5.75 Å². The third kappa shape index (κ3) is 4.61. The summed E-state index contributed by atoms with van der Waals surface area (Å²) in [6.07, 6.45) is 4.13. The molecule has 6 heteroatoms. The number of amides is 2. The minimum Gasteiger partial charge on any atom is -0.508 e. The van der Waals surface area contributed by atoms with Crippen LogP contribution in [0.4, 0.5) is 4.79 Å². The largest absolute Gasteiger partial charge is 0.508 e. The molecule has 23 heavy (non-hydrogen) atoms. The monoisotopic (exact) mass is 320 g/mol. The van der Waals surface area contributed by atoms with E-state index in [1.165, 1.54) is 24.0 Å². The maximum atomic E-state index is 12.8. The lowest BCUT2D eigenvalue weighted by molar-refractivity contribution is -0.141. The summed E-state index contributed by atoms with van der Waals surface area (Å²) in [4.78, 5) is 27.3. The number of likely N-dealkylation sites (tertiary alicyclic amines) is 1. The van der Waals surface area contributed by atoms with E-state index in [-0.39, 0.29) is 18.3 Å². The van der Waals surface area contributed by atoms with Crippen LogP contribution in [0.2, 0.25) is 0 Å². The van der Waals surface area contributed by atoms with Gasteiger partial charge in [-0.15, -0.1) is 0 Å². The van der Waals surface area contributed by atoms with Crippen molar-refractivity contribution in [3.63, 3.8) is 0 Å². The van der Waals surface area contributed by atoms with Crippen LogP contribution >= 0.6 is 0 Å². The molecule has 1 saturated heterocycles. The fraction of sp³-hybridized carbons (Fsp3) is 0.529. The Bertz CT molecular complexity index is 536. The first kappa shape index (κ1) is 17.1. The number of carbonyl (C=O) groups is 2. The molecule has 0 aliphatic carbocycles. The second-order valence-corrected chi connectivity index (χ2v) is 5.99. The number of aliphatic carboxylic acids is 1. The normalized spacial score (nSPS) is 16.5. The molecule has 1 heterocycles. The van der Waals surface area contributed by atoms with E-state index in [1.807, 2.05) is 0 Å². The molecule has 6 nitrogen and oxygen atoms in total. The quantitative estimate of drug-likeness (QED) is 0.893. The average molecular weight is 320 g/mol. The first-order chi connectivity index (χ1) is 11.0. The Balaban J connectivity index is 2.17. The van der Waals surface area contributed by atoms with Crippen molar-refractivity contribution in [2.75, 3.05) is 13.1 Å². The Morgan fingerprint density at radius 3 is 2.22 bits per heavy atom. The lowest BCUT2D eigenvalue weighted by Crippen LogP contribution is -2.49. The molecule has 126 valence electrons. The Morgan fingerprint density at radius 2 is 1.70 bits per heavy atom. The molecule has 2 N–H and O–H groups in total. The van der Waals surface area contributed by atoms with E-state index in [2.05, 4.69) is 0 Å². The maximum Gasteiger partial charge on any atom is 0.326 e. The van der Waals surface area contributed by atoms with E-state index in [9.17, 15) is 19.8 Å². The third-order valence-electron chi connectivity index (χ3n) is 4.24. The van der Waals surface area contributed by atoms with Gasteiger partial charge < -0.3 is 20.0 Å². The van der Waals surface area contributed by atoms with Crippen LogP contribution < -0.4 is 0 Å². The van der Waals surface area contributed by atoms with E-state index in [4.69, 9.17) is 0 Å². The van der Waals surface area contributed by atoms with E-state index >= 15 is 0 Å². The fourth-order valence-electron chi connectivity index (χ4n) is 2.75. The molecule has 1 aromatic rings. The molecule has 0 radical (unpaired) electrons. The molecule has 0 aromatic heterocycles. The predicted octanol–water partition coefficient (Wildman–Crippen LogP) is 2.66. The molecule has 1 aliphatic heterocycles. The number of phenols is 1. The SMILES string of the molecule is C[C@@H](C(=O)O)N(Cc1ccc(O)cc1)C(=O)N1CCCCCC1. The smallest absolute Gasteiger partial charge is 0.326 e. The van der Waals surface area contributed by atoms with Crippen molar-refractivity contribution in [2.24, 2.45) is 0 Å². The average Bonchev–Trinajstić information content (AvgIpc) is 2.82. The Labute approximate surface area is 136 Å². The molecule has 1 fully saturated rings. The number of carboxylic acids is 1. The van der Waals surface area contributed by atoms with Crippen molar-refractivity contribution in [3.05, 3.63) is 29.8 Å². The zero-order valence-electron chi connectivity index (χ0n) is 13.4. The van der Waals surface area contributed by atoms with Crippen LogP contribution in [0.15, 0.2) is 24.3 Å². The predicted molar refractivity (Wildman–Crippen MR) is 86.2 cm³/mol. The number of nitrogens with zero attached hydrogens (tertiary/aromatic N) is 2. The summed E-state index contributed by atoms with van der Waals surface area (Å²) in [5, 5.41) is 18.7. The van der Waals surface area contributed by atoms with Gasteiger partial charge in [-0.1, -0.05) is 25.0 Å². The lowest BCUT2D eigenvalue weighted by Gasteiger charge is -2.32. The van der Waals surface area contributed by atoms with Crippen molar-refractivity contribution in [1.29, 1.82) is 0 Å². The summed E-state index contributed by atoms with van der Waals surface area (Å²) < 4.78 is 0. The highest BCUT2D eigenvalue weighted by molar-refractivity contribution is 5.82. The highest BCUT2D eigenvalue weighted by Gasteiger charge is 2.29. The molecular weight excluding hydrogens is 296 g/mol. The zero-order valence-corrected chi connectivity index (χ0v) is 13.4. The van der Waals surface area contributed by atoms with Crippen LogP contribution in [0.1, 0.15) is 38.2 Å². The van der Waals surface area contributed by atoms with Gasteiger partial charge in [-0.2, -0.15) is 0 Å². The number of urea groups is 1. The Kier molecular flexibility index (Phi) is 5.84. The molecule has 1 aromatic carbocycles. The third-order valence-corrected chi connectivity index (χ3v) is 4.24. The summed E-state index contributed by atoms with van der Waals surface area (Å²) >= 11 is 0. The minimum atomic E-state index is -1.02. The molecule has 1 atom stereocenters. The van der Waals surface area contributed by atoms with Gasteiger partial charge in [0, 0.05) is 19.6 Å². The molecule has 2 rings (SSSR count). The van der Waals surface area contributed by atoms with Gasteiger partial charge in [0.2, 0.25) is 0 Å². The van der Waals surface area contributed by atoms with Gasteiger partial charge in [0.1, 0.15) is 11.8 Å². The summed E-state index contributed by atoms with van der Waals surface area (Å²) in [6, 6.07) is 5.35. The van der Waals surface area contributed by atoms with Crippen LogP contribution in [-0.4, -0.2) is 51.1 Å². The highest BCUT2D eigenvalue weighted by Crippen LogP contribution is 2.17. The van der Waals surface area contributed by atoms with E-state index in [0.717, 1.165) is 31.2 Å². The van der Waals surface area contributed by atoms with Crippen molar-refractivity contribution in [1.82, 2.24) is 9.80 Å². The van der Waals surface area contributed by atoms with Crippen molar-refractivity contribution >= 4 is 12.0 Å². The highest BCUT2D eigenvalue weighted by atomic mass is 16.4. The number of aromatic hydroxyl groups is 1. The number of hydrogen-bond acceptors (Lipinski definition) is 3. The molecule has 0 spiro atoms. The Hall–Kier alpha value is -2.24. The second kappa shape index (κ2) is 7.85. The van der Waals surface area contributed by atoms with Gasteiger partial charge in [-0.25, -0.2) is 9.59 Å². The van der Waals surface area contributed by atoms with E-state index in [0.29, 0.717) is 13.1 Å². The summed E-state index contributed by atoms with van der Waals surface area (Å²) in [5.41, 5.74) is 0.791. The van der Waals surface area contributed by atoms with Crippen LogP contribution in [-0.2, 0) is 11.3 Å². The van der Waals surface area contributed by atoms with Crippen LogP contribution in [0, 0.1) is 0 Å². The zero-order chi connectivity index (χ0) is 16.8. The van der Waals surface area contributed by atoms with Gasteiger partial charge in [-0.05, 0) is 37.5 Å². The molecule has 2 amide bonds. The van der Waals surface area contributed by atoms with Crippen molar-refractivity contribution < 1.29 is 19.8 Å². The number of hydrogen-bond donors (Lipinski definition) is 2. The first-order valence-corrected chi connectivity index (χ1v) is 8.05. The summed E-state index contributed by atoms with van der Waals surface area (Å²) in [7, 11) is 0. The number of carbonyl (C=O) groups excluding carboxylic acids is 1. The summed E-state index contributed by atoms with van der Waals surface area (Å²) in [5.74, 6) is -0.877. The number of benzene rings is 1. The van der Waals surface area contributed by atoms with Crippen molar-refractivity contribution in [3.8, 4) is 5.75 Å². The van der Waals surface area contributed by atoms with E-state index in [1.54, 1.807) is 17.0 Å². The number of rotatable bonds is 4. The minimum absolute atomic E-state index is 0.144. The summed E-state index contributed by atoms with van der Waals surface area (Å²) in [6.45, 7) is 3.09. The molecule has 1 aliphatic rings. The standard InChI is InChI=1S/C17H24N2O4/c1-13(16(21)22)19(12-14-6-8-15(20)9-7-14)17(23)18-10-4-2-3-5-11-18/h6-9,13,20H,2-5,10-12H2,1H3,(H,21,22)/t13-/m0/s1. The Morgan fingerprint density at radius 1 is 1.13 bits per heavy atom. The molecule has 0 unspecified atom stereocenters. The first-order valence-electron chi connectivity index (χ1n) is 8.05. The van der Waals surface area contributed by atoms with Gasteiger partial charge in [0.15, 0.2) is 0 Å². The van der Waals surface area contributed by atoms with Crippen LogP contribution in [0.25, 0.3) is 0 Å². The second-order valence-electron chi connectivity index (χ2n) is 5.99. The molecule has 0 saturated carbocycles. The number of carboxylic acid groups (broad SMARTS) is 1. The van der Waals surface area contributed by atoms with Gasteiger partial charge in [0.05, 0.1) is 0 Å². The maximum absolute atomic E-state index is 12.8. The van der Waals surface area contributed by atoms with Gasteiger partial charge >= 0.3 is 12.0 Å². The topological polar surface area (TPSA) is 81.1 Å². The van der Waals surface area contributed by atoms with Gasteiger partial charge in [0.25, 0.3) is 0 Å². The van der Waals surface area contributed by atoms with E-state index < -0.39 is 12.0 Å².